The van der Waals surface area contributed by atoms with Gasteiger partial charge in [-0.05, 0) is 36.7 Å². The molecule has 0 spiro atoms. The lowest BCUT2D eigenvalue weighted by Gasteiger charge is -2.33. The predicted molar refractivity (Wildman–Crippen MR) is 186 cm³/mol. The zero-order valence-corrected chi connectivity index (χ0v) is 27.5. The van der Waals surface area contributed by atoms with E-state index in [0.29, 0.717) is 20.5 Å². The Labute approximate surface area is 285 Å². The summed E-state index contributed by atoms with van der Waals surface area (Å²) in [6.45, 7) is 3.37. The summed E-state index contributed by atoms with van der Waals surface area (Å²) in [5, 5.41) is 36.8. The van der Waals surface area contributed by atoms with Crippen LogP contribution in [-0.2, 0) is 0 Å². The second-order valence-corrected chi connectivity index (χ2v) is 12.1. The number of piperidine rings is 2. The van der Waals surface area contributed by atoms with Crippen LogP contribution in [0.25, 0.3) is 11.1 Å². The normalized spacial score (nSPS) is 14.9. The summed E-state index contributed by atoms with van der Waals surface area (Å²) in [6, 6.07) is 23.5. The van der Waals surface area contributed by atoms with Crippen molar-refractivity contribution in [3.8, 4) is 23.3 Å². The van der Waals surface area contributed by atoms with E-state index < -0.39 is 7.12 Å². The Bertz CT molecular complexity index is 1600. The summed E-state index contributed by atoms with van der Waals surface area (Å²) in [5.41, 5.74) is 4.57. The minimum absolute atomic E-state index is 0.163. The third kappa shape index (κ3) is 9.59. The first-order valence-corrected chi connectivity index (χ1v) is 16.1. The molecule has 2 aliphatic rings. The molecule has 0 unspecified atom stereocenters. The fourth-order valence-corrected chi connectivity index (χ4v) is 6.26. The molecule has 2 saturated heterocycles. The second kappa shape index (κ2) is 17.8. The maximum absolute atomic E-state index is 9.03. The molecule has 2 aromatic heterocycles. The van der Waals surface area contributed by atoms with E-state index in [1.54, 1.807) is 42.9 Å². The van der Waals surface area contributed by atoms with Gasteiger partial charge in [0.25, 0.3) is 0 Å². The molecule has 2 fully saturated rings. The van der Waals surface area contributed by atoms with Crippen molar-refractivity contribution in [2.45, 2.75) is 25.7 Å². The number of hydrogen-bond acceptors (Lipinski definition) is 8. The summed E-state index contributed by atoms with van der Waals surface area (Å²) in [4.78, 5) is 12.6. The fraction of sp³-hybridized carbons (Fsp3) is 0.294. The van der Waals surface area contributed by atoms with E-state index in [4.69, 9.17) is 55.4 Å². The summed E-state index contributed by atoms with van der Waals surface area (Å²) in [6.07, 6.45) is 10.3. The molecule has 0 aliphatic carbocycles. The predicted octanol–water partition coefficient (Wildman–Crippen LogP) is 6.64. The van der Waals surface area contributed by atoms with Gasteiger partial charge in [-0.3, -0.25) is 9.97 Å². The van der Waals surface area contributed by atoms with Gasteiger partial charge in [-0.15, -0.1) is 0 Å². The minimum Gasteiger partial charge on any atom is -0.423 e. The third-order valence-corrected chi connectivity index (χ3v) is 8.70. The van der Waals surface area contributed by atoms with E-state index in [1.807, 2.05) is 30.5 Å². The van der Waals surface area contributed by atoms with E-state index in [-0.39, 0.29) is 11.8 Å². The van der Waals surface area contributed by atoms with Crippen molar-refractivity contribution in [3.63, 3.8) is 0 Å². The largest absolute Gasteiger partial charge is 0.488 e. The van der Waals surface area contributed by atoms with Crippen LogP contribution in [0.15, 0.2) is 85.5 Å². The highest BCUT2D eigenvalue weighted by Gasteiger charge is 2.24. The summed E-state index contributed by atoms with van der Waals surface area (Å²) in [5.74, 6) is 0.331. The quantitative estimate of drug-likeness (QED) is 0.231. The van der Waals surface area contributed by atoms with Gasteiger partial charge in [-0.25, -0.2) is 0 Å². The van der Waals surface area contributed by atoms with E-state index in [1.165, 1.54) is 0 Å². The maximum atomic E-state index is 9.03. The Morgan fingerprint density at radius 3 is 1.48 bits per heavy atom. The van der Waals surface area contributed by atoms with Crippen molar-refractivity contribution in [2.75, 3.05) is 36.0 Å². The zero-order chi connectivity index (χ0) is 32.9. The van der Waals surface area contributed by atoms with Crippen LogP contribution in [0.3, 0.4) is 0 Å². The Morgan fingerprint density at radius 2 is 1.04 bits per heavy atom. The summed E-state index contributed by atoms with van der Waals surface area (Å²) < 4.78 is 0. The van der Waals surface area contributed by atoms with Crippen LogP contribution < -0.4 is 15.3 Å². The molecular weight excluding hydrogens is 642 g/mol. The number of anilines is 2. The number of benzene rings is 2. The first kappa shape index (κ1) is 35.0. The van der Waals surface area contributed by atoms with Gasteiger partial charge in [0.05, 0.1) is 38.6 Å². The van der Waals surface area contributed by atoms with Gasteiger partial charge in [0.1, 0.15) is 0 Å². The number of hydrogen-bond donors (Lipinski definition) is 2. The van der Waals surface area contributed by atoms with Crippen molar-refractivity contribution in [1.82, 2.24) is 9.97 Å². The fourth-order valence-electron chi connectivity index (χ4n) is 5.37. The van der Waals surface area contributed by atoms with Crippen LogP contribution in [0.5, 0.6) is 0 Å². The Hall–Kier alpha value is -3.83. The molecule has 2 N–H and O–H groups in total. The molecule has 0 amide bonds. The smallest absolute Gasteiger partial charge is 0.423 e. The lowest BCUT2D eigenvalue weighted by atomic mass is 9.81. The van der Waals surface area contributed by atoms with E-state index in [0.717, 1.165) is 74.4 Å². The average Bonchev–Trinajstić information content (AvgIpc) is 3.10. The highest BCUT2D eigenvalue weighted by molar-refractivity contribution is 6.58. The molecule has 6 rings (SSSR count). The molecule has 4 heterocycles. The molecule has 0 saturated carbocycles. The average molecular weight is 676 g/mol. The Balaban J connectivity index is 0.000000170. The van der Waals surface area contributed by atoms with Crippen LogP contribution in [-0.4, -0.2) is 53.3 Å². The van der Waals surface area contributed by atoms with Crippen LogP contribution in [0.4, 0.5) is 11.4 Å². The highest BCUT2D eigenvalue weighted by Crippen LogP contribution is 2.38. The van der Waals surface area contributed by atoms with E-state index >= 15 is 0 Å². The van der Waals surface area contributed by atoms with Crippen LogP contribution in [0.1, 0.15) is 25.7 Å². The third-order valence-electron chi connectivity index (χ3n) is 7.87. The first-order valence-electron chi connectivity index (χ1n) is 15.0. The summed E-state index contributed by atoms with van der Waals surface area (Å²) >= 11 is 18.6. The van der Waals surface area contributed by atoms with Gasteiger partial charge in [-0.1, -0.05) is 95.5 Å². The summed E-state index contributed by atoms with van der Waals surface area (Å²) in [7, 11) is -1.34. The number of rotatable bonds is 4. The number of halogens is 3. The number of nitrogens with zero attached hydrogens (tertiary/aromatic N) is 6. The number of nitriles is 2. The lowest BCUT2D eigenvalue weighted by molar-refractivity contribution is 0.426. The van der Waals surface area contributed by atoms with E-state index in [9.17, 15) is 0 Å². The SMILES string of the molecule is N#CC1CCN(c2c(Cl)cncc2-c2ccccc2)CC1.N#CC1CCN(c2c(Cl)cncc2Cl)CC1.OB(O)c1ccccc1. The highest BCUT2D eigenvalue weighted by atomic mass is 35.5. The molecule has 8 nitrogen and oxygen atoms in total. The van der Waals surface area contributed by atoms with Crippen molar-refractivity contribution in [2.24, 2.45) is 11.8 Å². The van der Waals surface area contributed by atoms with Gasteiger partial charge < -0.3 is 19.8 Å². The molecule has 2 aliphatic heterocycles. The van der Waals surface area contributed by atoms with E-state index in [2.05, 4.69) is 44.0 Å². The van der Waals surface area contributed by atoms with Crippen molar-refractivity contribution in [1.29, 1.82) is 10.5 Å². The number of aromatic nitrogens is 2. The Kier molecular flexibility index (Phi) is 13.5. The van der Waals surface area contributed by atoms with Crippen molar-refractivity contribution >= 4 is 58.8 Å². The van der Waals surface area contributed by atoms with Gasteiger partial charge in [0.15, 0.2) is 0 Å². The molecule has 4 aromatic rings. The molecule has 236 valence electrons. The molecule has 0 atom stereocenters. The standard InChI is InChI=1S/C17H16ClN3.C11H11Cl2N3.C6H7BO2/c18-16-12-20-11-15(14-4-2-1-3-5-14)17(16)21-8-6-13(10-19)7-9-21;12-9-6-15-7-10(13)11(9)16-3-1-8(5-14)2-4-16;8-7(9)6-4-2-1-3-5-6/h1-5,11-13H,6-9H2;6-8H,1-4H2;1-5,8-9H. The zero-order valence-electron chi connectivity index (χ0n) is 25.2. The topological polar surface area (TPSA) is 120 Å². The van der Waals surface area contributed by atoms with Crippen molar-refractivity contribution < 1.29 is 10.0 Å². The monoisotopic (exact) mass is 674 g/mol. The molecule has 46 heavy (non-hydrogen) atoms. The van der Waals surface area contributed by atoms with Crippen LogP contribution in [0.2, 0.25) is 15.1 Å². The van der Waals surface area contributed by atoms with Gasteiger partial charge >= 0.3 is 7.12 Å². The van der Waals surface area contributed by atoms with Crippen LogP contribution >= 0.6 is 34.8 Å². The molecular formula is C34H34BCl3N6O2. The maximum Gasteiger partial charge on any atom is 0.488 e. The van der Waals surface area contributed by atoms with Crippen LogP contribution in [0, 0.1) is 34.5 Å². The molecule has 2 aromatic carbocycles. The molecule has 0 radical (unpaired) electrons. The first-order chi connectivity index (χ1) is 22.3. The molecule has 0 bridgehead atoms. The van der Waals surface area contributed by atoms with Crippen molar-refractivity contribution in [3.05, 3.63) is 101 Å². The van der Waals surface area contributed by atoms with Gasteiger partial charge in [-0.2, -0.15) is 10.5 Å². The second-order valence-electron chi connectivity index (χ2n) is 10.9. The lowest BCUT2D eigenvalue weighted by Crippen LogP contribution is -2.33. The van der Waals surface area contributed by atoms with Gasteiger partial charge in [0, 0.05) is 68.4 Å². The minimum atomic E-state index is -1.34. The van der Waals surface area contributed by atoms with Gasteiger partial charge in [0.2, 0.25) is 0 Å². The molecule has 12 heteroatoms. The Morgan fingerprint density at radius 1 is 0.630 bits per heavy atom. The number of pyridine rings is 2.